The highest BCUT2D eigenvalue weighted by Crippen LogP contribution is 2.44. The highest BCUT2D eigenvalue weighted by molar-refractivity contribution is 6.32. The second kappa shape index (κ2) is 6.34. The Bertz CT molecular complexity index is 1080. The molecular formula is C22H19FN2O3. The van der Waals surface area contributed by atoms with E-state index in [0.717, 1.165) is 11.1 Å². The van der Waals surface area contributed by atoms with Crippen molar-refractivity contribution in [3.63, 3.8) is 0 Å². The van der Waals surface area contributed by atoms with Gasteiger partial charge in [0.15, 0.2) is 0 Å². The third kappa shape index (κ3) is 3.07. The van der Waals surface area contributed by atoms with Gasteiger partial charge in [-0.3, -0.25) is 9.59 Å². The third-order valence-electron chi connectivity index (χ3n) is 4.76. The maximum atomic E-state index is 13.5. The monoisotopic (exact) mass is 378 g/mol. The van der Waals surface area contributed by atoms with E-state index in [0.29, 0.717) is 28.3 Å². The molecule has 0 radical (unpaired) electrons. The molecule has 0 atom stereocenters. The van der Waals surface area contributed by atoms with Crippen LogP contribution in [0.15, 0.2) is 54.3 Å². The topological polar surface area (TPSA) is 67.4 Å². The van der Waals surface area contributed by atoms with Gasteiger partial charge in [0.2, 0.25) is 5.91 Å². The number of fused-ring (bicyclic) bond motifs is 1. The van der Waals surface area contributed by atoms with Gasteiger partial charge in [-0.05, 0) is 55.8 Å². The lowest BCUT2D eigenvalue weighted by Crippen LogP contribution is -2.21. The van der Waals surface area contributed by atoms with Crippen molar-refractivity contribution in [2.75, 3.05) is 10.6 Å². The molecule has 142 valence electrons. The van der Waals surface area contributed by atoms with Crippen molar-refractivity contribution < 1.29 is 18.7 Å². The smallest absolute Gasteiger partial charge is 0.260 e. The molecule has 0 unspecified atom stereocenters. The maximum Gasteiger partial charge on any atom is 0.260 e. The maximum absolute atomic E-state index is 13.5. The molecule has 0 bridgehead atoms. The lowest BCUT2D eigenvalue weighted by Gasteiger charge is -2.23. The second-order valence-electron chi connectivity index (χ2n) is 7.32. The Labute approximate surface area is 161 Å². The Hall–Kier alpha value is -3.41. The number of hydrogen-bond donors (Lipinski definition) is 2. The van der Waals surface area contributed by atoms with Gasteiger partial charge in [-0.1, -0.05) is 12.1 Å². The fraction of sp³-hybridized carbons (Fsp3) is 0.182. The Balaban J connectivity index is 1.81. The first-order valence-corrected chi connectivity index (χ1v) is 8.89. The van der Waals surface area contributed by atoms with Crippen LogP contribution in [0.25, 0.3) is 11.1 Å². The number of rotatable bonds is 2. The molecular weight excluding hydrogens is 359 g/mol. The van der Waals surface area contributed by atoms with E-state index in [1.807, 2.05) is 44.2 Å². The normalized spacial score (nSPS) is 19.6. The van der Waals surface area contributed by atoms with Gasteiger partial charge >= 0.3 is 0 Å². The lowest BCUT2D eigenvalue weighted by atomic mass is 9.92. The van der Waals surface area contributed by atoms with E-state index in [-0.39, 0.29) is 11.8 Å². The highest BCUT2D eigenvalue weighted by atomic mass is 19.1. The summed E-state index contributed by atoms with van der Waals surface area (Å²) < 4.78 is 19.6. The quantitative estimate of drug-likeness (QED) is 0.764. The fourth-order valence-electron chi connectivity index (χ4n) is 3.58. The van der Waals surface area contributed by atoms with Gasteiger partial charge in [0.05, 0.1) is 11.3 Å². The van der Waals surface area contributed by atoms with Gasteiger partial charge in [0, 0.05) is 23.7 Å². The molecule has 2 aromatic carbocycles. The molecule has 2 N–H and O–H groups in total. The third-order valence-corrected chi connectivity index (χ3v) is 4.76. The van der Waals surface area contributed by atoms with Crippen molar-refractivity contribution in [2.24, 2.45) is 0 Å². The van der Waals surface area contributed by atoms with Crippen LogP contribution in [-0.4, -0.2) is 17.4 Å². The van der Waals surface area contributed by atoms with Crippen LogP contribution in [0.1, 0.15) is 31.9 Å². The van der Waals surface area contributed by atoms with Crippen molar-refractivity contribution in [2.45, 2.75) is 26.4 Å². The van der Waals surface area contributed by atoms with Crippen LogP contribution in [0.2, 0.25) is 0 Å². The van der Waals surface area contributed by atoms with Crippen LogP contribution < -0.4 is 10.6 Å². The van der Waals surface area contributed by atoms with E-state index >= 15 is 0 Å². The lowest BCUT2D eigenvalue weighted by molar-refractivity contribution is -0.114. The molecule has 2 aliphatic rings. The molecule has 5 nitrogen and oxygen atoms in total. The van der Waals surface area contributed by atoms with Crippen LogP contribution in [-0.2, 0) is 14.3 Å². The first-order chi connectivity index (χ1) is 13.2. The molecule has 2 aromatic rings. The molecule has 2 aliphatic heterocycles. The molecule has 0 saturated carbocycles. The average molecular weight is 378 g/mol. The van der Waals surface area contributed by atoms with Crippen LogP contribution in [0.3, 0.4) is 0 Å². The van der Waals surface area contributed by atoms with Crippen LogP contribution in [0.5, 0.6) is 0 Å². The summed E-state index contributed by atoms with van der Waals surface area (Å²) in [5.74, 6) is -0.449. The van der Waals surface area contributed by atoms with E-state index < -0.39 is 11.4 Å². The molecule has 0 fully saturated rings. The predicted octanol–water partition coefficient (Wildman–Crippen LogP) is 4.34. The first-order valence-electron chi connectivity index (χ1n) is 8.89. The average Bonchev–Trinajstić information content (AvgIpc) is 3.09. The molecule has 0 aliphatic carbocycles. The van der Waals surface area contributed by atoms with Gasteiger partial charge in [0.25, 0.3) is 5.91 Å². The molecule has 28 heavy (non-hydrogen) atoms. The summed E-state index contributed by atoms with van der Waals surface area (Å²) in [6, 6.07) is 11.6. The molecule has 6 heteroatoms. The van der Waals surface area contributed by atoms with Gasteiger partial charge in [0.1, 0.15) is 17.2 Å². The molecule has 0 aromatic heterocycles. The summed E-state index contributed by atoms with van der Waals surface area (Å²) >= 11 is 0. The number of carbonyl (C=O) groups is 2. The number of amides is 2. The predicted molar refractivity (Wildman–Crippen MR) is 106 cm³/mol. The van der Waals surface area contributed by atoms with Crippen molar-refractivity contribution in [3.05, 3.63) is 71.2 Å². The van der Waals surface area contributed by atoms with E-state index in [1.54, 1.807) is 6.07 Å². The summed E-state index contributed by atoms with van der Waals surface area (Å²) in [7, 11) is 0. The van der Waals surface area contributed by atoms with Gasteiger partial charge in [-0.15, -0.1) is 0 Å². The van der Waals surface area contributed by atoms with Gasteiger partial charge in [-0.25, -0.2) is 4.39 Å². The van der Waals surface area contributed by atoms with E-state index in [1.165, 1.54) is 19.1 Å². The van der Waals surface area contributed by atoms with Crippen molar-refractivity contribution in [1.82, 2.24) is 0 Å². The minimum absolute atomic E-state index is 0.151. The number of allylic oxidation sites excluding steroid dienone is 1. The largest absolute Gasteiger partial charge is 0.482 e. The van der Waals surface area contributed by atoms with Crippen LogP contribution >= 0.6 is 0 Å². The number of carbonyl (C=O) groups excluding carboxylic acids is 2. The number of halogens is 1. The summed E-state index contributed by atoms with van der Waals surface area (Å²) in [6.45, 7) is 5.28. The number of hydrogen-bond acceptors (Lipinski definition) is 3. The summed E-state index contributed by atoms with van der Waals surface area (Å²) in [6.07, 6.45) is 1.83. The second-order valence-corrected chi connectivity index (χ2v) is 7.32. The first kappa shape index (κ1) is 18.0. The van der Waals surface area contributed by atoms with E-state index in [2.05, 4.69) is 10.6 Å². The zero-order chi connectivity index (χ0) is 20.1. The Morgan fingerprint density at radius 3 is 2.71 bits per heavy atom. The Kier molecular flexibility index (Phi) is 4.07. The standard InChI is InChI=1S/C22H19FN2O3/c1-12(26)24-15-6-4-5-13(9-15)17-11-19(28-22(17,2)3)20-16-8-7-14(23)10-18(16)25-21(20)27/h4-11H,1-3H3,(H,24,26)(H,25,27). The molecule has 0 saturated heterocycles. The number of nitrogens with one attached hydrogen (secondary N) is 2. The number of ether oxygens (including phenoxy) is 1. The van der Waals surface area contributed by atoms with Crippen LogP contribution in [0.4, 0.5) is 15.8 Å². The van der Waals surface area contributed by atoms with Crippen molar-refractivity contribution >= 4 is 34.3 Å². The SMILES string of the molecule is CC(=O)Nc1cccc(C2=CC(=C3C(=O)Nc4cc(F)ccc43)OC2(C)C)c1. The molecule has 4 rings (SSSR count). The summed E-state index contributed by atoms with van der Waals surface area (Å²) in [4.78, 5) is 23.9. The van der Waals surface area contributed by atoms with Gasteiger partial charge < -0.3 is 15.4 Å². The van der Waals surface area contributed by atoms with Gasteiger partial charge in [-0.2, -0.15) is 0 Å². The molecule has 2 heterocycles. The van der Waals surface area contributed by atoms with Crippen molar-refractivity contribution in [3.8, 4) is 0 Å². The Morgan fingerprint density at radius 2 is 1.96 bits per heavy atom. The highest BCUT2D eigenvalue weighted by Gasteiger charge is 2.38. The van der Waals surface area contributed by atoms with E-state index in [9.17, 15) is 14.0 Å². The summed E-state index contributed by atoms with van der Waals surface area (Å²) in [5.41, 5.74) is 3.19. The minimum Gasteiger partial charge on any atom is -0.482 e. The zero-order valence-corrected chi connectivity index (χ0v) is 15.7. The van der Waals surface area contributed by atoms with Crippen molar-refractivity contribution in [1.29, 1.82) is 0 Å². The fourth-order valence-corrected chi connectivity index (χ4v) is 3.58. The minimum atomic E-state index is -0.680. The zero-order valence-electron chi connectivity index (χ0n) is 15.7. The number of anilines is 2. The van der Waals surface area contributed by atoms with E-state index in [4.69, 9.17) is 4.74 Å². The van der Waals surface area contributed by atoms with Crippen LogP contribution in [0, 0.1) is 5.82 Å². The molecule has 2 amide bonds. The Morgan fingerprint density at radius 1 is 1.18 bits per heavy atom. The molecule has 0 spiro atoms. The number of benzene rings is 2. The summed E-state index contributed by atoms with van der Waals surface area (Å²) in [5, 5.41) is 5.45.